The molecule has 1 saturated heterocycles. The van der Waals surface area contributed by atoms with E-state index in [0.717, 1.165) is 36.4 Å². The Morgan fingerprint density at radius 3 is 2.54 bits per heavy atom. The summed E-state index contributed by atoms with van der Waals surface area (Å²) in [7, 11) is -3.64. The first kappa shape index (κ1) is 25.5. The lowest BCUT2D eigenvalue weighted by Gasteiger charge is -2.30. The maximum atomic E-state index is 13.2. The zero-order valence-electron chi connectivity index (χ0n) is 20.0. The molecule has 0 aromatic heterocycles. The molecule has 188 valence electrons. The molecule has 0 atom stereocenters. The van der Waals surface area contributed by atoms with E-state index in [1.807, 2.05) is 30.3 Å². The Morgan fingerprint density at radius 2 is 1.83 bits per heavy atom. The summed E-state index contributed by atoms with van der Waals surface area (Å²) in [5, 5.41) is 2.90. The van der Waals surface area contributed by atoms with Gasteiger partial charge in [-0.3, -0.25) is 9.59 Å². The molecule has 10 heteroatoms. The Balaban J connectivity index is 1.43. The summed E-state index contributed by atoms with van der Waals surface area (Å²) in [6.45, 7) is 4.83. The van der Waals surface area contributed by atoms with E-state index in [9.17, 15) is 18.0 Å². The van der Waals surface area contributed by atoms with Gasteiger partial charge in [-0.2, -0.15) is 4.31 Å². The van der Waals surface area contributed by atoms with Crippen molar-refractivity contribution in [3.63, 3.8) is 0 Å². The maximum absolute atomic E-state index is 13.2. The standard InChI is InChI=1S/C25H32N4O4S2/c1-2-27(20-9-5-3-6-10-20)16-13-26-24(30)18-29-22-17-21(11-12-23(22)34-19-25(29)31)35(32,33)28-14-7-4-8-15-28/h3,5-6,9-12,17H,2,4,7-8,13-16,18-19H2,1H3,(H,26,30). The minimum absolute atomic E-state index is 0.142. The molecule has 2 aliphatic heterocycles. The number of thioether (sulfide) groups is 1. The molecule has 2 aromatic carbocycles. The number of para-hydroxylation sites is 1. The van der Waals surface area contributed by atoms with Crippen molar-refractivity contribution in [1.29, 1.82) is 0 Å². The minimum atomic E-state index is -3.64. The summed E-state index contributed by atoms with van der Waals surface area (Å²) in [5.74, 6) is -0.259. The number of piperidine rings is 1. The molecule has 35 heavy (non-hydrogen) atoms. The molecule has 2 heterocycles. The van der Waals surface area contributed by atoms with Gasteiger partial charge in [-0.05, 0) is 50.1 Å². The van der Waals surface area contributed by atoms with Crippen molar-refractivity contribution in [3.8, 4) is 0 Å². The van der Waals surface area contributed by atoms with Crippen molar-refractivity contribution in [1.82, 2.24) is 9.62 Å². The highest BCUT2D eigenvalue weighted by atomic mass is 32.2. The first-order valence-electron chi connectivity index (χ1n) is 12.0. The number of carbonyl (C=O) groups excluding carboxylic acids is 2. The fraction of sp³-hybridized carbons (Fsp3) is 0.440. The van der Waals surface area contributed by atoms with Crippen molar-refractivity contribution < 1.29 is 18.0 Å². The molecule has 2 amide bonds. The second kappa shape index (κ2) is 11.5. The van der Waals surface area contributed by atoms with Crippen LogP contribution in [0.4, 0.5) is 11.4 Å². The van der Waals surface area contributed by atoms with Gasteiger partial charge in [-0.1, -0.05) is 24.6 Å². The van der Waals surface area contributed by atoms with Crippen molar-refractivity contribution in [2.75, 3.05) is 54.8 Å². The third kappa shape index (κ3) is 5.99. The summed E-state index contributed by atoms with van der Waals surface area (Å²) in [6.07, 6.45) is 2.74. The Morgan fingerprint density at radius 1 is 1.09 bits per heavy atom. The van der Waals surface area contributed by atoms with Gasteiger partial charge in [0.15, 0.2) is 0 Å². The highest BCUT2D eigenvalue weighted by Gasteiger charge is 2.31. The van der Waals surface area contributed by atoms with Gasteiger partial charge >= 0.3 is 0 Å². The molecule has 0 saturated carbocycles. The van der Waals surface area contributed by atoms with E-state index >= 15 is 0 Å². The number of nitrogens with one attached hydrogen (secondary N) is 1. The van der Waals surface area contributed by atoms with Gasteiger partial charge in [0.2, 0.25) is 21.8 Å². The third-order valence-electron chi connectivity index (χ3n) is 6.33. The normalized spacial score (nSPS) is 16.6. The van der Waals surface area contributed by atoms with Crippen LogP contribution in [-0.2, 0) is 19.6 Å². The lowest BCUT2D eigenvalue weighted by Crippen LogP contribution is -2.45. The molecule has 4 rings (SSSR count). The summed E-state index contributed by atoms with van der Waals surface area (Å²) in [5.41, 5.74) is 1.57. The van der Waals surface area contributed by atoms with Gasteiger partial charge in [0.05, 0.1) is 16.3 Å². The monoisotopic (exact) mass is 516 g/mol. The number of hydrogen-bond donors (Lipinski definition) is 1. The van der Waals surface area contributed by atoms with Gasteiger partial charge in [0, 0.05) is 43.3 Å². The van der Waals surface area contributed by atoms with Gasteiger partial charge in [0.25, 0.3) is 0 Å². The van der Waals surface area contributed by atoms with Crippen LogP contribution in [0, 0.1) is 0 Å². The van der Waals surface area contributed by atoms with Crippen LogP contribution in [0.5, 0.6) is 0 Å². The lowest BCUT2D eigenvalue weighted by molar-refractivity contribution is -0.122. The van der Waals surface area contributed by atoms with E-state index in [2.05, 4.69) is 17.1 Å². The summed E-state index contributed by atoms with van der Waals surface area (Å²) < 4.78 is 27.8. The zero-order chi connectivity index (χ0) is 24.8. The van der Waals surface area contributed by atoms with Crippen molar-refractivity contribution >= 4 is 45.0 Å². The highest BCUT2D eigenvalue weighted by Crippen LogP contribution is 2.37. The van der Waals surface area contributed by atoms with E-state index in [4.69, 9.17) is 0 Å². The predicted molar refractivity (Wildman–Crippen MR) is 139 cm³/mol. The quantitative estimate of drug-likeness (QED) is 0.551. The minimum Gasteiger partial charge on any atom is -0.370 e. The van der Waals surface area contributed by atoms with Gasteiger partial charge < -0.3 is 15.1 Å². The zero-order valence-corrected chi connectivity index (χ0v) is 21.6. The molecule has 2 aromatic rings. The van der Waals surface area contributed by atoms with Crippen molar-refractivity contribution in [2.45, 2.75) is 36.0 Å². The van der Waals surface area contributed by atoms with Crippen LogP contribution < -0.4 is 15.1 Å². The predicted octanol–water partition coefficient (Wildman–Crippen LogP) is 2.94. The molecule has 0 spiro atoms. The van der Waals surface area contributed by atoms with Crippen LogP contribution in [0.3, 0.4) is 0 Å². The van der Waals surface area contributed by atoms with Crippen LogP contribution in [0.2, 0.25) is 0 Å². The molecule has 8 nitrogen and oxygen atoms in total. The van der Waals surface area contributed by atoms with Crippen LogP contribution in [0.25, 0.3) is 0 Å². The van der Waals surface area contributed by atoms with Crippen LogP contribution >= 0.6 is 11.8 Å². The maximum Gasteiger partial charge on any atom is 0.243 e. The molecule has 2 aliphatic rings. The lowest BCUT2D eigenvalue weighted by atomic mass is 10.2. The summed E-state index contributed by atoms with van der Waals surface area (Å²) in [4.78, 5) is 30.0. The molecule has 1 N–H and O–H groups in total. The number of amides is 2. The average molecular weight is 517 g/mol. The molecule has 0 unspecified atom stereocenters. The largest absolute Gasteiger partial charge is 0.370 e. The highest BCUT2D eigenvalue weighted by molar-refractivity contribution is 8.00. The molecule has 1 fully saturated rings. The van der Waals surface area contributed by atoms with E-state index in [1.165, 1.54) is 21.0 Å². The van der Waals surface area contributed by atoms with Crippen molar-refractivity contribution in [3.05, 3.63) is 48.5 Å². The van der Waals surface area contributed by atoms with Gasteiger partial charge in [-0.25, -0.2) is 8.42 Å². The van der Waals surface area contributed by atoms with Crippen LogP contribution in [0.1, 0.15) is 26.2 Å². The third-order valence-corrected chi connectivity index (χ3v) is 9.28. The molecular weight excluding hydrogens is 484 g/mol. The summed E-state index contributed by atoms with van der Waals surface area (Å²) >= 11 is 1.37. The molecule has 0 radical (unpaired) electrons. The van der Waals surface area contributed by atoms with E-state index in [1.54, 1.807) is 18.2 Å². The Hall–Kier alpha value is -2.56. The van der Waals surface area contributed by atoms with E-state index < -0.39 is 10.0 Å². The number of nitrogens with zero attached hydrogens (tertiary/aromatic N) is 3. The Kier molecular flexibility index (Phi) is 8.35. The molecular formula is C25H32N4O4S2. The first-order valence-corrected chi connectivity index (χ1v) is 14.5. The van der Waals surface area contributed by atoms with Crippen LogP contribution in [0.15, 0.2) is 58.3 Å². The molecule has 0 aliphatic carbocycles. The fourth-order valence-electron chi connectivity index (χ4n) is 4.41. The Bertz CT molecular complexity index is 1150. The van der Waals surface area contributed by atoms with Gasteiger partial charge in [-0.15, -0.1) is 11.8 Å². The fourth-order valence-corrected chi connectivity index (χ4v) is 6.86. The number of sulfonamides is 1. The second-order valence-corrected chi connectivity index (χ2v) is 11.6. The number of benzene rings is 2. The SMILES string of the molecule is CCN(CCNC(=O)CN1C(=O)CSc2ccc(S(=O)(=O)N3CCCCC3)cc21)c1ccccc1. The van der Waals surface area contributed by atoms with Crippen LogP contribution in [-0.4, -0.2) is 69.6 Å². The number of likely N-dealkylation sites (N-methyl/N-ethyl adjacent to an activating group) is 1. The summed E-state index contributed by atoms with van der Waals surface area (Å²) in [6, 6.07) is 14.9. The average Bonchev–Trinajstić information content (AvgIpc) is 2.89. The number of anilines is 2. The van der Waals surface area contributed by atoms with E-state index in [-0.39, 0.29) is 29.0 Å². The number of carbonyl (C=O) groups is 2. The van der Waals surface area contributed by atoms with Crippen molar-refractivity contribution in [2.24, 2.45) is 0 Å². The van der Waals surface area contributed by atoms with E-state index in [0.29, 0.717) is 31.9 Å². The first-order chi connectivity index (χ1) is 16.9. The topological polar surface area (TPSA) is 90.0 Å². The number of hydrogen-bond acceptors (Lipinski definition) is 6. The van der Waals surface area contributed by atoms with Gasteiger partial charge in [0.1, 0.15) is 6.54 Å². The Labute approximate surface area is 211 Å². The number of rotatable bonds is 9. The second-order valence-electron chi connectivity index (χ2n) is 8.63. The molecule has 0 bridgehead atoms. The smallest absolute Gasteiger partial charge is 0.243 e. The number of fused-ring (bicyclic) bond motifs is 1.